The number of nitrogens with one attached hydrogen (secondary N) is 2. The van der Waals surface area contributed by atoms with Crippen molar-refractivity contribution in [3.63, 3.8) is 0 Å². The van der Waals surface area contributed by atoms with Crippen molar-refractivity contribution in [2.24, 2.45) is 0 Å². The van der Waals surface area contributed by atoms with Crippen LogP contribution in [-0.2, 0) is 16.6 Å². The molecule has 0 unspecified atom stereocenters. The fourth-order valence-corrected chi connectivity index (χ4v) is 2.74. The molecule has 2 rings (SSSR count). The van der Waals surface area contributed by atoms with Crippen LogP contribution >= 0.6 is 11.6 Å². The molecule has 0 aliphatic rings. The third-order valence-corrected chi connectivity index (χ3v) is 4.55. The van der Waals surface area contributed by atoms with Gasteiger partial charge < -0.3 is 5.32 Å². The minimum absolute atomic E-state index is 0.140. The second kappa shape index (κ2) is 6.43. The summed E-state index contributed by atoms with van der Waals surface area (Å²) in [6.07, 6.45) is 0. The van der Waals surface area contributed by atoms with E-state index in [1.54, 1.807) is 12.1 Å². The van der Waals surface area contributed by atoms with Crippen molar-refractivity contribution < 1.29 is 12.8 Å². The Labute approximate surface area is 128 Å². The zero-order chi connectivity index (χ0) is 15.5. The Morgan fingerprint density at radius 3 is 2.67 bits per heavy atom. The van der Waals surface area contributed by atoms with Crippen LogP contribution in [0.4, 0.5) is 10.1 Å². The van der Waals surface area contributed by atoms with E-state index in [0.717, 1.165) is 0 Å². The molecule has 0 radical (unpaired) electrons. The molecule has 21 heavy (non-hydrogen) atoms. The van der Waals surface area contributed by atoms with E-state index in [1.165, 1.54) is 37.4 Å². The molecule has 0 spiro atoms. The molecule has 0 heterocycles. The lowest BCUT2D eigenvalue weighted by molar-refractivity contribution is 0.588. The van der Waals surface area contributed by atoms with Gasteiger partial charge in [-0.25, -0.2) is 17.5 Å². The normalized spacial score (nSPS) is 11.4. The highest BCUT2D eigenvalue weighted by molar-refractivity contribution is 7.89. The number of rotatable bonds is 5. The summed E-state index contributed by atoms with van der Waals surface area (Å²) in [6, 6.07) is 10.6. The molecule has 0 saturated heterocycles. The molecule has 2 N–H and O–H groups in total. The van der Waals surface area contributed by atoms with Gasteiger partial charge >= 0.3 is 0 Å². The molecular weight excluding hydrogens is 315 g/mol. The largest absolute Gasteiger partial charge is 0.381 e. The highest BCUT2D eigenvalue weighted by Gasteiger charge is 2.11. The molecule has 0 aliphatic heterocycles. The maximum atomic E-state index is 13.6. The Morgan fingerprint density at radius 1 is 1.19 bits per heavy atom. The fourth-order valence-electron chi connectivity index (χ4n) is 1.77. The van der Waals surface area contributed by atoms with Crippen LogP contribution in [0.5, 0.6) is 0 Å². The number of benzene rings is 2. The molecule has 7 heteroatoms. The van der Waals surface area contributed by atoms with E-state index in [9.17, 15) is 12.8 Å². The van der Waals surface area contributed by atoms with Crippen LogP contribution in [0.15, 0.2) is 47.4 Å². The van der Waals surface area contributed by atoms with Crippen LogP contribution in [0, 0.1) is 5.82 Å². The first-order chi connectivity index (χ1) is 9.92. The van der Waals surface area contributed by atoms with Gasteiger partial charge in [-0.3, -0.25) is 0 Å². The summed E-state index contributed by atoms with van der Waals surface area (Å²) in [5, 5.41) is 3.42. The average molecular weight is 329 g/mol. The van der Waals surface area contributed by atoms with Crippen LogP contribution in [0.1, 0.15) is 5.56 Å². The van der Waals surface area contributed by atoms with Gasteiger partial charge in [0.2, 0.25) is 10.0 Å². The van der Waals surface area contributed by atoms with E-state index < -0.39 is 10.0 Å². The van der Waals surface area contributed by atoms with Crippen molar-refractivity contribution in [3.05, 3.63) is 58.9 Å². The van der Waals surface area contributed by atoms with Gasteiger partial charge in [0.05, 0.1) is 4.90 Å². The number of halogens is 2. The first-order valence-corrected chi connectivity index (χ1v) is 8.00. The van der Waals surface area contributed by atoms with Crippen LogP contribution in [0.25, 0.3) is 0 Å². The molecule has 2 aromatic rings. The minimum Gasteiger partial charge on any atom is -0.381 e. The monoisotopic (exact) mass is 328 g/mol. The lowest BCUT2D eigenvalue weighted by Crippen LogP contribution is -2.18. The van der Waals surface area contributed by atoms with E-state index in [1.807, 2.05) is 0 Å². The lowest BCUT2D eigenvalue weighted by atomic mass is 10.2. The summed E-state index contributed by atoms with van der Waals surface area (Å²) < 4.78 is 39.3. The van der Waals surface area contributed by atoms with Crippen molar-refractivity contribution in [1.82, 2.24) is 4.72 Å². The Balaban J connectivity index is 2.18. The molecule has 0 aromatic heterocycles. The Kier molecular flexibility index (Phi) is 4.82. The molecule has 0 amide bonds. The predicted octanol–water partition coefficient (Wildman–Crippen LogP) is 3.00. The molecule has 0 fully saturated rings. The summed E-state index contributed by atoms with van der Waals surface area (Å²) >= 11 is 5.82. The van der Waals surface area contributed by atoms with Gasteiger partial charge in [0.25, 0.3) is 0 Å². The SMILES string of the molecule is CNS(=O)(=O)c1cccc(NCc2cc(Cl)ccc2F)c1. The van der Waals surface area contributed by atoms with Crippen molar-refractivity contribution >= 4 is 27.3 Å². The van der Waals surface area contributed by atoms with Crippen molar-refractivity contribution in [2.45, 2.75) is 11.4 Å². The van der Waals surface area contributed by atoms with Crippen molar-refractivity contribution in [3.8, 4) is 0 Å². The van der Waals surface area contributed by atoms with Gasteiger partial charge in [-0.2, -0.15) is 0 Å². The first kappa shape index (κ1) is 15.8. The summed E-state index contributed by atoms with van der Waals surface area (Å²) in [4.78, 5) is 0.140. The second-order valence-corrected chi connectivity index (χ2v) is 6.65. The Hall–Kier alpha value is -1.63. The molecule has 112 valence electrons. The van der Waals surface area contributed by atoms with Crippen LogP contribution in [-0.4, -0.2) is 15.5 Å². The number of anilines is 1. The lowest BCUT2D eigenvalue weighted by Gasteiger charge is -2.09. The number of hydrogen-bond donors (Lipinski definition) is 2. The van der Waals surface area contributed by atoms with Gasteiger partial charge in [-0.05, 0) is 43.4 Å². The van der Waals surface area contributed by atoms with Crippen LogP contribution < -0.4 is 10.0 Å². The summed E-state index contributed by atoms with van der Waals surface area (Å²) in [7, 11) is -2.16. The molecule has 0 saturated carbocycles. The molecule has 2 aromatic carbocycles. The molecule has 0 atom stereocenters. The van der Waals surface area contributed by atoms with Crippen LogP contribution in [0.2, 0.25) is 5.02 Å². The quantitative estimate of drug-likeness (QED) is 0.887. The highest BCUT2D eigenvalue weighted by Crippen LogP contribution is 2.19. The third-order valence-electron chi connectivity index (χ3n) is 2.90. The van der Waals surface area contributed by atoms with Gasteiger partial charge in [-0.15, -0.1) is 0 Å². The average Bonchev–Trinajstić information content (AvgIpc) is 2.48. The topological polar surface area (TPSA) is 58.2 Å². The van der Waals surface area contributed by atoms with Gasteiger partial charge in [-0.1, -0.05) is 17.7 Å². The van der Waals surface area contributed by atoms with Gasteiger partial charge in [0.15, 0.2) is 0 Å². The number of sulfonamides is 1. The molecular formula is C14H14ClFN2O2S. The number of hydrogen-bond acceptors (Lipinski definition) is 3. The zero-order valence-electron chi connectivity index (χ0n) is 11.2. The van der Waals surface area contributed by atoms with E-state index >= 15 is 0 Å². The third kappa shape index (κ3) is 3.93. The van der Waals surface area contributed by atoms with E-state index in [2.05, 4.69) is 10.0 Å². The highest BCUT2D eigenvalue weighted by atomic mass is 35.5. The van der Waals surface area contributed by atoms with E-state index in [-0.39, 0.29) is 17.3 Å². The Bertz CT molecular complexity index is 750. The standard InChI is InChI=1S/C14H14ClFN2O2S/c1-17-21(19,20)13-4-2-3-12(8-13)18-9-10-7-11(15)5-6-14(10)16/h2-8,17-18H,9H2,1H3. The molecule has 0 aliphatic carbocycles. The van der Waals surface area contributed by atoms with Crippen molar-refractivity contribution in [2.75, 3.05) is 12.4 Å². The van der Waals surface area contributed by atoms with Crippen molar-refractivity contribution in [1.29, 1.82) is 0 Å². The maximum absolute atomic E-state index is 13.6. The zero-order valence-corrected chi connectivity index (χ0v) is 12.8. The summed E-state index contributed by atoms with van der Waals surface area (Å²) in [5.41, 5.74) is 0.982. The smallest absolute Gasteiger partial charge is 0.240 e. The second-order valence-electron chi connectivity index (χ2n) is 4.32. The fraction of sp³-hybridized carbons (Fsp3) is 0.143. The molecule has 4 nitrogen and oxygen atoms in total. The van der Waals surface area contributed by atoms with Crippen LogP contribution in [0.3, 0.4) is 0 Å². The van der Waals surface area contributed by atoms with Gasteiger partial charge in [0, 0.05) is 22.8 Å². The minimum atomic E-state index is -3.50. The molecule has 0 bridgehead atoms. The summed E-state index contributed by atoms with van der Waals surface area (Å²) in [5.74, 6) is -0.370. The summed E-state index contributed by atoms with van der Waals surface area (Å²) in [6.45, 7) is 0.204. The Morgan fingerprint density at radius 2 is 1.95 bits per heavy atom. The maximum Gasteiger partial charge on any atom is 0.240 e. The predicted molar refractivity (Wildman–Crippen MR) is 81.4 cm³/mol. The van der Waals surface area contributed by atoms with Gasteiger partial charge in [0.1, 0.15) is 5.82 Å². The van der Waals surface area contributed by atoms with E-state index in [4.69, 9.17) is 11.6 Å². The first-order valence-electron chi connectivity index (χ1n) is 6.14. The van der Waals surface area contributed by atoms with E-state index in [0.29, 0.717) is 16.3 Å².